The van der Waals surface area contributed by atoms with Crippen molar-refractivity contribution in [2.24, 2.45) is 0 Å². The number of rotatable bonds is 4. The smallest absolute Gasteiger partial charge is 0.350 e. The summed E-state index contributed by atoms with van der Waals surface area (Å²) in [4.78, 5) is 5.21. The zero-order valence-corrected chi connectivity index (χ0v) is 11.0. The standard InChI is InChI=1S/C9H11F3N6S/c1-5(7-14-16-17-15-7)3-18(2)8-13-6(4-19-8)9(10,11)12/h4-5H,3H2,1-2H3,(H,14,15,16,17)/t5-/m0/s1. The molecule has 2 aromatic rings. The summed E-state index contributed by atoms with van der Waals surface area (Å²) in [5.41, 5.74) is -0.869. The second-order valence-electron chi connectivity index (χ2n) is 4.06. The Hall–Kier alpha value is -1.71. The quantitative estimate of drug-likeness (QED) is 0.932. The van der Waals surface area contributed by atoms with Gasteiger partial charge in [0.25, 0.3) is 0 Å². The molecule has 0 aromatic carbocycles. The lowest BCUT2D eigenvalue weighted by Crippen LogP contribution is -2.23. The van der Waals surface area contributed by atoms with Gasteiger partial charge in [0.05, 0.1) is 0 Å². The number of anilines is 1. The summed E-state index contributed by atoms with van der Waals surface area (Å²) >= 11 is 0.954. The molecule has 0 aliphatic heterocycles. The Labute approximate surface area is 110 Å². The summed E-state index contributed by atoms with van der Waals surface area (Å²) in [6, 6.07) is 0. The lowest BCUT2D eigenvalue weighted by molar-refractivity contribution is -0.140. The largest absolute Gasteiger partial charge is 0.434 e. The van der Waals surface area contributed by atoms with Crippen LogP contribution in [0.15, 0.2) is 5.38 Å². The van der Waals surface area contributed by atoms with E-state index in [-0.39, 0.29) is 5.92 Å². The van der Waals surface area contributed by atoms with Gasteiger partial charge < -0.3 is 4.90 Å². The molecule has 19 heavy (non-hydrogen) atoms. The maximum atomic E-state index is 12.4. The highest BCUT2D eigenvalue weighted by Gasteiger charge is 2.34. The molecular formula is C9H11F3N6S. The van der Waals surface area contributed by atoms with Crippen LogP contribution in [0.2, 0.25) is 0 Å². The molecule has 1 N–H and O–H groups in total. The highest BCUT2D eigenvalue weighted by Crippen LogP contribution is 2.32. The lowest BCUT2D eigenvalue weighted by atomic mass is 10.1. The highest BCUT2D eigenvalue weighted by atomic mass is 32.1. The van der Waals surface area contributed by atoms with Crippen LogP contribution in [-0.2, 0) is 6.18 Å². The minimum absolute atomic E-state index is 0.0676. The van der Waals surface area contributed by atoms with E-state index in [4.69, 9.17) is 0 Å². The first-order valence-corrected chi connectivity index (χ1v) is 6.23. The van der Waals surface area contributed by atoms with E-state index in [0.717, 1.165) is 16.7 Å². The SMILES string of the molecule is C[C@@H](CN(C)c1nc(C(F)(F)F)cs1)c1nn[nH]n1. The van der Waals surface area contributed by atoms with Crippen LogP contribution in [0.4, 0.5) is 18.3 Å². The van der Waals surface area contributed by atoms with Crippen molar-refractivity contribution < 1.29 is 13.2 Å². The second-order valence-corrected chi connectivity index (χ2v) is 4.90. The Bertz CT molecular complexity index is 522. The van der Waals surface area contributed by atoms with E-state index < -0.39 is 11.9 Å². The van der Waals surface area contributed by atoms with Crippen LogP contribution < -0.4 is 4.90 Å². The lowest BCUT2D eigenvalue weighted by Gasteiger charge is -2.18. The first-order valence-electron chi connectivity index (χ1n) is 5.35. The van der Waals surface area contributed by atoms with Crippen molar-refractivity contribution in [2.75, 3.05) is 18.5 Å². The number of likely N-dealkylation sites (N-methyl/N-ethyl adjacent to an activating group) is 1. The summed E-state index contributed by atoms with van der Waals surface area (Å²) in [5.74, 6) is 0.446. The van der Waals surface area contributed by atoms with Crippen LogP contribution in [0.25, 0.3) is 0 Å². The maximum absolute atomic E-state index is 12.4. The predicted molar refractivity (Wildman–Crippen MR) is 63.0 cm³/mol. The number of halogens is 3. The normalized spacial score (nSPS) is 13.5. The fraction of sp³-hybridized carbons (Fsp3) is 0.556. The monoisotopic (exact) mass is 292 g/mol. The van der Waals surface area contributed by atoms with Gasteiger partial charge in [0.1, 0.15) is 0 Å². The summed E-state index contributed by atoms with van der Waals surface area (Å²) in [6.45, 7) is 2.31. The molecule has 0 amide bonds. The number of hydrogen-bond acceptors (Lipinski definition) is 6. The molecule has 1 atom stereocenters. The molecule has 0 spiro atoms. The van der Waals surface area contributed by atoms with Crippen LogP contribution in [0.5, 0.6) is 0 Å². The molecule has 0 saturated carbocycles. The van der Waals surface area contributed by atoms with Gasteiger partial charge in [-0.15, -0.1) is 21.5 Å². The number of nitrogens with zero attached hydrogens (tertiary/aromatic N) is 5. The van der Waals surface area contributed by atoms with Gasteiger partial charge in [-0.2, -0.15) is 18.4 Å². The van der Waals surface area contributed by atoms with E-state index in [1.54, 1.807) is 11.9 Å². The third-order valence-corrected chi connectivity index (χ3v) is 3.41. The minimum Gasteiger partial charge on any atom is -0.350 e. The van der Waals surface area contributed by atoms with Gasteiger partial charge in [0, 0.05) is 24.9 Å². The minimum atomic E-state index is -4.41. The first-order chi connectivity index (χ1) is 8.88. The van der Waals surface area contributed by atoms with Gasteiger partial charge in [0.2, 0.25) is 0 Å². The molecule has 2 rings (SSSR count). The number of aromatic nitrogens is 5. The molecule has 0 bridgehead atoms. The molecule has 0 fully saturated rings. The predicted octanol–water partition coefficient (Wildman–Crippen LogP) is 1.91. The van der Waals surface area contributed by atoms with E-state index in [0.29, 0.717) is 17.5 Å². The van der Waals surface area contributed by atoms with Crippen molar-refractivity contribution in [3.8, 4) is 0 Å². The van der Waals surface area contributed by atoms with Crippen molar-refractivity contribution >= 4 is 16.5 Å². The molecule has 2 heterocycles. The van der Waals surface area contributed by atoms with Crippen molar-refractivity contribution in [3.63, 3.8) is 0 Å². The second kappa shape index (κ2) is 5.11. The average Bonchev–Trinajstić information content (AvgIpc) is 3.00. The van der Waals surface area contributed by atoms with Gasteiger partial charge >= 0.3 is 6.18 Å². The Balaban J connectivity index is 2.04. The molecule has 104 valence electrons. The van der Waals surface area contributed by atoms with Crippen molar-refractivity contribution in [1.82, 2.24) is 25.6 Å². The number of alkyl halides is 3. The third kappa shape index (κ3) is 3.19. The van der Waals surface area contributed by atoms with E-state index in [1.165, 1.54) is 0 Å². The number of thiazole rings is 1. The summed E-state index contributed by atoms with van der Waals surface area (Å²) in [7, 11) is 1.68. The van der Waals surface area contributed by atoms with Gasteiger partial charge in [-0.25, -0.2) is 4.98 Å². The topological polar surface area (TPSA) is 70.6 Å². The fourth-order valence-corrected chi connectivity index (χ4v) is 2.33. The van der Waals surface area contributed by atoms with Gasteiger partial charge in [0.15, 0.2) is 16.6 Å². The summed E-state index contributed by atoms with van der Waals surface area (Å²) < 4.78 is 37.3. The molecule has 0 aliphatic rings. The van der Waals surface area contributed by atoms with Gasteiger partial charge in [-0.3, -0.25) is 0 Å². The Morgan fingerprint density at radius 1 is 1.47 bits per heavy atom. The van der Waals surface area contributed by atoms with Crippen LogP contribution in [-0.4, -0.2) is 39.2 Å². The Morgan fingerprint density at radius 3 is 2.74 bits per heavy atom. The fourth-order valence-electron chi connectivity index (χ4n) is 1.52. The number of hydrogen-bond donors (Lipinski definition) is 1. The van der Waals surface area contributed by atoms with Crippen molar-refractivity contribution in [3.05, 3.63) is 16.9 Å². The molecule has 0 aliphatic carbocycles. The van der Waals surface area contributed by atoms with Crippen molar-refractivity contribution in [2.45, 2.75) is 19.0 Å². The summed E-state index contributed by atoms with van der Waals surface area (Å²) in [6.07, 6.45) is -4.41. The number of nitrogens with one attached hydrogen (secondary N) is 1. The summed E-state index contributed by atoms with van der Waals surface area (Å²) in [5, 5.41) is 14.8. The van der Waals surface area contributed by atoms with Crippen molar-refractivity contribution in [1.29, 1.82) is 0 Å². The van der Waals surface area contributed by atoms with Crippen LogP contribution in [0.3, 0.4) is 0 Å². The van der Waals surface area contributed by atoms with Crippen LogP contribution in [0.1, 0.15) is 24.4 Å². The highest BCUT2D eigenvalue weighted by molar-refractivity contribution is 7.13. The molecule has 0 saturated heterocycles. The molecular weight excluding hydrogens is 281 g/mol. The van der Waals surface area contributed by atoms with E-state index in [9.17, 15) is 13.2 Å². The maximum Gasteiger partial charge on any atom is 0.434 e. The Kier molecular flexibility index (Phi) is 3.69. The molecule has 2 aromatic heterocycles. The molecule has 6 nitrogen and oxygen atoms in total. The average molecular weight is 292 g/mol. The number of aromatic amines is 1. The third-order valence-electron chi connectivity index (χ3n) is 2.46. The zero-order chi connectivity index (χ0) is 14.0. The van der Waals surface area contributed by atoms with Crippen LogP contribution >= 0.6 is 11.3 Å². The van der Waals surface area contributed by atoms with Crippen LogP contribution in [0, 0.1) is 0 Å². The van der Waals surface area contributed by atoms with E-state index in [2.05, 4.69) is 25.6 Å². The molecule has 0 unspecified atom stereocenters. The van der Waals surface area contributed by atoms with Gasteiger partial charge in [-0.1, -0.05) is 12.1 Å². The molecule has 0 radical (unpaired) electrons. The zero-order valence-electron chi connectivity index (χ0n) is 10.1. The van der Waals surface area contributed by atoms with E-state index in [1.807, 2.05) is 6.92 Å². The molecule has 10 heteroatoms. The first kappa shape index (κ1) is 13.7. The number of tetrazole rings is 1. The van der Waals surface area contributed by atoms with Gasteiger partial charge in [-0.05, 0) is 0 Å². The Morgan fingerprint density at radius 2 is 2.21 bits per heavy atom. The number of H-pyrrole nitrogens is 1. The van der Waals surface area contributed by atoms with E-state index >= 15 is 0 Å².